The molecule has 0 saturated carbocycles. The van der Waals surface area contributed by atoms with E-state index in [4.69, 9.17) is 14.6 Å². The summed E-state index contributed by atoms with van der Waals surface area (Å²) in [5.41, 5.74) is 2.59. The number of rotatable bonds is 13. The molecule has 5 rings (SSSR count). The molecule has 13 heteroatoms. The van der Waals surface area contributed by atoms with E-state index in [0.29, 0.717) is 50.8 Å². The summed E-state index contributed by atoms with van der Waals surface area (Å²) in [6, 6.07) is 21.5. The summed E-state index contributed by atoms with van der Waals surface area (Å²) in [5.74, 6) is 0.297. The van der Waals surface area contributed by atoms with Gasteiger partial charge in [0.25, 0.3) is 0 Å². The minimum Gasteiger partial charge on any atom is -0.491 e. The molecule has 2 aliphatic heterocycles. The van der Waals surface area contributed by atoms with E-state index < -0.39 is 31.8 Å². The Hall–Kier alpha value is -2.88. The fraction of sp³-hybridized carbons (Fsp3) is 0.455. The van der Waals surface area contributed by atoms with E-state index in [2.05, 4.69) is 36.6 Å². The van der Waals surface area contributed by atoms with Crippen LogP contribution in [0.4, 0.5) is 0 Å². The van der Waals surface area contributed by atoms with E-state index in [1.165, 1.54) is 23.8 Å². The van der Waals surface area contributed by atoms with Crippen LogP contribution in [-0.4, -0.2) is 82.9 Å². The van der Waals surface area contributed by atoms with E-state index in [0.717, 1.165) is 17.7 Å². The number of sulfonamides is 2. The lowest BCUT2D eigenvalue weighted by atomic mass is 9.88. The Morgan fingerprint density at radius 1 is 0.978 bits per heavy atom. The number of nitrogens with two attached hydrogens (primary N) is 1. The molecule has 5 N–H and O–H groups in total. The highest BCUT2D eigenvalue weighted by molar-refractivity contribution is 7.89. The molecule has 1 spiro atoms. The maximum atomic E-state index is 13.6. The van der Waals surface area contributed by atoms with Crippen LogP contribution in [-0.2, 0) is 31.3 Å². The van der Waals surface area contributed by atoms with Gasteiger partial charge in [0.2, 0.25) is 20.0 Å². The predicted octanol–water partition coefficient (Wildman–Crippen LogP) is 2.84. The van der Waals surface area contributed by atoms with Crippen LogP contribution >= 0.6 is 0 Å². The average Bonchev–Trinajstić information content (AvgIpc) is 3.44. The lowest BCUT2D eigenvalue weighted by molar-refractivity contribution is -0.0312. The molecular formula is C33H44N4O7S2. The van der Waals surface area contributed by atoms with Crippen molar-refractivity contribution in [2.24, 2.45) is 5.14 Å². The highest BCUT2D eigenvalue weighted by atomic mass is 32.2. The predicted molar refractivity (Wildman–Crippen MR) is 176 cm³/mol. The summed E-state index contributed by atoms with van der Waals surface area (Å²) in [7, 11) is -7.52. The van der Waals surface area contributed by atoms with E-state index in [9.17, 15) is 21.9 Å². The van der Waals surface area contributed by atoms with Crippen molar-refractivity contribution in [1.29, 1.82) is 0 Å². The fourth-order valence-corrected chi connectivity index (χ4v) is 7.91. The molecule has 46 heavy (non-hydrogen) atoms. The number of piperidine rings is 1. The number of aliphatic hydroxyl groups is 1. The van der Waals surface area contributed by atoms with Crippen molar-refractivity contribution in [2.45, 2.75) is 73.2 Å². The number of benzene rings is 3. The van der Waals surface area contributed by atoms with Gasteiger partial charge >= 0.3 is 0 Å². The molecule has 0 amide bonds. The largest absolute Gasteiger partial charge is 0.491 e. The number of nitrogens with zero attached hydrogens (tertiary/aromatic N) is 1. The van der Waals surface area contributed by atoms with Crippen molar-refractivity contribution in [1.82, 2.24) is 14.9 Å². The molecule has 2 atom stereocenters. The monoisotopic (exact) mass is 672 g/mol. The lowest BCUT2D eigenvalue weighted by Gasteiger charge is -2.38. The number of hydrogen-bond acceptors (Lipinski definition) is 9. The topological polar surface area (TPSA) is 160 Å². The zero-order valence-corrected chi connectivity index (χ0v) is 27.9. The van der Waals surface area contributed by atoms with Gasteiger partial charge in [-0.1, -0.05) is 56.3 Å². The van der Waals surface area contributed by atoms with Crippen LogP contribution in [0, 0.1) is 0 Å². The van der Waals surface area contributed by atoms with Gasteiger partial charge in [-0.15, -0.1) is 0 Å². The standard InChI is InChI=1S/C33H44N4O7S2/c1-24(2)35-20-25-9-11-26(12-10-25)27-5-3-8-32(17-27)46(41,42)37-15-13-33(14-16-37)19-28(22-44-33)36-21-29(38)23-43-30-6-4-7-31(18-30)45(34,39)40/h3-12,17-18,24,28-29,35-36,38H,13-16,19-23H2,1-2H3,(H2,34,39,40)/t28-,29?/m1/s1. The van der Waals surface area contributed by atoms with Gasteiger partial charge in [-0.05, 0) is 60.2 Å². The van der Waals surface area contributed by atoms with Crippen molar-refractivity contribution in [2.75, 3.05) is 32.8 Å². The van der Waals surface area contributed by atoms with Crippen molar-refractivity contribution < 1.29 is 31.4 Å². The molecule has 0 radical (unpaired) electrons. The van der Waals surface area contributed by atoms with Gasteiger partial charge in [-0.25, -0.2) is 22.0 Å². The number of ether oxygens (including phenoxy) is 2. The SMILES string of the molecule is CC(C)NCc1ccc(-c2cccc(S(=O)(=O)N3CCC4(CC3)C[C@@H](NCC(O)COc3cccc(S(N)(=O)=O)c3)CO4)c2)cc1. The van der Waals surface area contributed by atoms with E-state index in [1.807, 2.05) is 18.2 Å². The molecule has 11 nitrogen and oxygen atoms in total. The molecule has 250 valence electrons. The number of nitrogens with one attached hydrogen (secondary N) is 2. The van der Waals surface area contributed by atoms with Crippen molar-refractivity contribution in [3.63, 3.8) is 0 Å². The molecule has 0 aromatic heterocycles. The van der Waals surface area contributed by atoms with Crippen molar-refractivity contribution >= 4 is 20.0 Å². The van der Waals surface area contributed by atoms with Crippen LogP contribution in [0.5, 0.6) is 5.75 Å². The molecule has 3 aromatic carbocycles. The van der Waals surface area contributed by atoms with Crippen LogP contribution in [0.2, 0.25) is 0 Å². The summed E-state index contributed by atoms with van der Waals surface area (Å²) in [5, 5.41) is 22.3. The first-order valence-electron chi connectivity index (χ1n) is 15.6. The lowest BCUT2D eigenvalue weighted by Crippen LogP contribution is -2.47. The summed E-state index contributed by atoms with van der Waals surface area (Å²) in [6.45, 7) is 6.42. The first kappa shape index (κ1) is 34.5. The molecule has 0 aliphatic carbocycles. The Morgan fingerprint density at radius 2 is 1.67 bits per heavy atom. The van der Waals surface area contributed by atoms with Crippen LogP contribution in [0.25, 0.3) is 11.1 Å². The van der Waals surface area contributed by atoms with Gasteiger partial charge in [0.05, 0.1) is 22.0 Å². The van der Waals surface area contributed by atoms with E-state index >= 15 is 0 Å². The zero-order valence-electron chi connectivity index (χ0n) is 26.3. The smallest absolute Gasteiger partial charge is 0.243 e. The third-order valence-corrected chi connectivity index (χ3v) is 11.3. The first-order valence-corrected chi connectivity index (χ1v) is 18.6. The van der Waals surface area contributed by atoms with Gasteiger partial charge in [0.1, 0.15) is 18.5 Å². The number of hydrogen-bond donors (Lipinski definition) is 4. The molecular weight excluding hydrogens is 629 g/mol. The van der Waals surface area contributed by atoms with Gasteiger partial charge in [-0.3, -0.25) is 0 Å². The van der Waals surface area contributed by atoms with Gasteiger partial charge in [0.15, 0.2) is 0 Å². The summed E-state index contributed by atoms with van der Waals surface area (Å²) >= 11 is 0. The zero-order chi connectivity index (χ0) is 33.0. The third kappa shape index (κ3) is 8.72. The minimum absolute atomic E-state index is 0.00717. The quantitative estimate of drug-likeness (QED) is 0.214. The Balaban J connectivity index is 1.10. The van der Waals surface area contributed by atoms with E-state index in [1.54, 1.807) is 28.6 Å². The molecule has 2 heterocycles. The second-order valence-electron chi connectivity index (χ2n) is 12.5. The fourth-order valence-electron chi connectivity index (χ4n) is 5.88. The van der Waals surface area contributed by atoms with Crippen molar-refractivity contribution in [3.8, 4) is 16.9 Å². The summed E-state index contributed by atoms with van der Waals surface area (Å²) in [6.07, 6.45) is 1.05. The van der Waals surface area contributed by atoms with Crippen LogP contribution in [0.15, 0.2) is 82.6 Å². The number of primary sulfonamides is 1. The highest BCUT2D eigenvalue weighted by Crippen LogP contribution is 2.37. The Bertz CT molecular complexity index is 1690. The minimum atomic E-state index is -3.85. The van der Waals surface area contributed by atoms with Gasteiger partial charge in [-0.2, -0.15) is 4.31 Å². The first-order chi connectivity index (χ1) is 21.8. The molecule has 1 unspecified atom stereocenters. The van der Waals surface area contributed by atoms with Crippen LogP contribution in [0.3, 0.4) is 0 Å². The third-order valence-electron chi connectivity index (χ3n) is 8.53. The maximum Gasteiger partial charge on any atom is 0.243 e. The van der Waals surface area contributed by atoms with Gasteiger partial charge in [0, 0.05) is 44.3 Å². The van der Waals surface area contributed by atoms with Gasteiger partial charge < -0.3 is 25.2 Å². The summed E-state index contributed by atoms with van der Waals surface area (Å²) < 4.78 is 63.7. The second-order valence-corrected chi connectivity index (χ2v) is 16.0. The number of aliphatic hydroxyl groups excluding tert-OH is 1. The molecule has 2 aliphatic rings. The van der Waals surface area contributed by atoms with Crippen LogP contribution in [0.1, 0.15) is 38.7 Å². The second kappa shape index (κ2) is 14.5. The van der Waals surface area contributed by atoms with Crippen LogP contribution < -0.4 is 20.5 Å². The Morgan fingerprint density at radius 3 is 2.37 bits per heavy atom. The summed E-state index contributed by atoms with van der Waals surface area (Å²) in [4.78, 5) is 0.223. The Kier molecular flexibility index (Phi) is 10.8. The van der Waals surface area contributed by atoms with E-state index in [-0.39, 0.29) is 29.0 Å². The molecule has 2 fully saturated rings. The average molecular weight is 673 g/mol. The highest BCUT2D eigenvalue weighted by Gasteiger charge is 2.44. The van der Waals surface area contributed by atoms with Crippen molar-refractivity contribution in [3.05, 3.63) is 78.4 Å². The molecule has 0 bridgehead atoms. The molecule has 3 aromatic rings. The Labute approximate surface area is 272 Å². The molecule has 2 saturated heterocycles. The normalized spacial score (nSPS) is 19.5. The maximum absolute atomic E-state index is 13.6.